The highest BCUT2D eigenvalue weighted by Gasteiger charge is 2.48. The first kappa shape index (κ1) is 24.8. The summed E-state index contributed by atoms with van der Waals surface area (Å²) in [4.78, 5) is 40.7. The number of carbonyl (C=O) groups is 2. The normalized spacial score (nSPS) is 18.8. The lowest BCUT2D eigenvalue weighted by molar-refractivity contribution is -0.135. The minimum Gasteiger partial charge on any atom is -0.420 e. The maximum absolute atomic E-state index is 14.4. The molecule has 37 heavy (non-hydrogen) atoms. The number of nitrogens with zero attached hydrogens (tertiary/aromatic N) is 3. The molecule has 0 bridgehead atoms. The van der Waals surface area contributed by atoms with Gasteiger partial charge in [-0.05, 0) is 54.2 Å². The Morgan fingerprint density at radius 1 is 1.08 bits per heavy atom. The van der Waals surface area contributed by atoms with Crippen LogP contribution in [0.4, 0.5) is 8.78 Å². The Morgan fingerprint density at radius 3 is 2.32 bits per heavy atom. The number of halogens is 2. The number of aromatic nitrogens is 2. The maximum Gasteiger partial charge on any atom is 0.311 e. The molecule has 2 aliphatic heterocycles. The summed E-state index contributed by atoms with van der Waals surface area (Å²) in [5.41, 5.74) is 0.343. The average Bonchev–Trinajstić information content (AvgIpc) is 3.33. The van der Waals surface area contributed by atoms with Gasteiger partial charge in [0.25, 0.3) is 5.91 Å². The fourth-order valence-corrected chi connectivity index (χ4v) is 5.51. The third-order valence-corrected chi connectivity index (χ3v) is 6.95. The van der Waals surface area contributed by atoms with E-state index in [4.69, 9.17) is 4.74 Å². The van der Waals surface area contributed by atoms with Gasteiger partial charge in [-0.25, -0.2) is 13.5 Å². The van der Waals surface area contributed by atoms with E-state index in [0.29, 0.717) is 30.5 Å². The van der Waals surface area contributed by atoms with Gasteiger partial charge in [0.15, 0.2) is 5.69 Å². The van der Waals surface area contributed by atoms with Crippen molar-refractivity contribution in [2.75, 3.05) is 6.54 Å². The Bertz CT molecular complexity index is 1380. The molecule has 0 saturated carbocycles. The summed E-state index contributed by atoms with van der Waals surface area (Å²) >= 11 is 0. The molecule has 3 aromatic rings. The summed E-state index contributed by atoms with van der Waals surface area (Å²) in [6, 6.07) is 11.1. The predicted octanol–water partition coefficient (Wildman–Crippen LogP) is 4.46. The average molecular weight is 508 g/mol. The highest BCUT2D eigenvalue weighted by molar-refractivity contribution is 5.97. The van der Waals surface area contributed by atoms with Crippen LogP contribution in [0.15, 0.2) is 59.5 Å². The number of rotatable bonds is 6. The van der Waals surface area contributed by atoms with Crippen LogP contribution in [0.2, 0.25) is 0 Å². The third kappa shape index (κ3) is 4.65. The predicted molar refractivity (Wildman–Crippen MR) is 131 cm³/mol. The van der Waals surface area contributed by atoms with Crippen molar-refractivity contribution in [2.24, 2.45) is 5.92 Å². The first-order valence-corrected chi connectivity index (χ1v) is 12.4. The molecule has 3 heterocycles. The Balaban J connectivity index is 1.73. The van der Waals surface area contributed by atoms with Gasteiger partial charge in [0.2, 0.25) is 11.2 Å². The molecule has 0 N–H and O–H groups in total. The zero-order chi connectivity index (χ0) is 26.3. The molecule has 1 saturated heterocycles. The van der Waals surface area contributed by atoms with E-state index < -0.39 is 40.9 Å². The molecule has 192 valence electrons. The summed E-state index contributed by atoms with van der Waals surface area (Å²) in [5.74, 6) is -2.97. The topological polar surface area (TPSA) is 81.5 Å². The second-order valence-corrected chi connectivity index (χ2v) is 9.99. The molecule has 2 atom stereocenters. The fraction of sp³-hybridized carbons (Fsp3) is 0.357. The van der Waals surface area contributed by atoms with E-state index in [1.165, 1.54) is 28.9 Å². The number of esters is 1. The SMILES string of the molecule is CC(C)CC(=O)Oc1c2n(ncc1=O)[C@@H](C(c1cccc(F)c1)c1cccc(F)c1)[C@H]1CCCN1C2=O. The zero-order valence-electron chi connectivity index (χ0n) is 20.6. The lowest BCUT2D eigenvalue weighted by Gasteiger charge is -2.42. The van der Waals surface area contributed by atoms with Crippen LogP contribution in [-0.2, 0) is 4.79 Å². The molecule has 2 aliphatic rings. The van der Waals surface area contributed by atoms with Crippen LogP contribution in [0.1, 0.15) is 66.7 Å². The minimum absolute atomic E-state index is 0.00957. The van der Waals surface area contributed by atoms with E-state index in [9.17, 15) is 23.2 Å². The quantitative estimate of drug-likeness (QED) is 0.460. The van der Waals surface area contributed by atoms with Crippen LogP contribution in [0.25, 0.3) is 0 Å². The lowest BCUT2D eigenvalue weighted by atomic mass is 9.80. The number of benzene rings is 2. The molecule has 0 radical (unpaired) electrons. The van der Waals surface area contributed by atoms with Crippen molar-refractivity contribution >= 4 is 11.9 Å². The summed E-state index contributed by atoms with van der Waals surface area (Å²) < 4.78 is 35.7. The van der Waals surface area contributed by atoms with E-state index in [1.54, 1.807) is 29.2 Å². The molecule has 0 unspecified atom stereocenters. The molecule has 5 rings (SSSR count). The Hall–Kier alpha value is -3.88. The largest absolute Gasteiger partial charge is 0.420 e. The second-order valence-electron chi connectivity index (χ2n) is 9.99. The number of amides is 1. The summed E-state index contributed by atoms with van der Waals surface area (Å²) in [6.07, 6.45) is 2.46. The molecule has 1 aromatic heterocycles. The number of ether oxygens (including phenoxy) is 1. The van der Waals surface area contributed by atoms with E-state index >= 15 is 0 Å². The van der Waals surface area contributed by atoms with E-state index in [-0.39, 0.29) is 29.8 Å². The summed E-state index contributed by atoms with van der Waals surface area (Å²) in [6.45, 7) is 4.13. The van der Waals surface area contributed by atoms with Crippen molar-refractivity contribution in [3.63, 3.8) is 0 Å². The molecular weight excluding hydrogens is 480 g/mol. The van der Waals surface area contributed by atoms with Crippen LogP contribution in [-0.4, -0.2) is 39.1 Å². The van der Waals surface area contributed by atoms with Gasteiger partial charge in [0.05, 0.1) is 18.3 Å². The lowest BCUT2D eigenvalue weighted by Crippen LogP contribution is -2.51. The van der Waals surface area contributed by atoms with Crippen molar-refractivity contribution in [1.29, 1.82) is 0 Å². The Morgan fingerprint density at radius 2 is 1.73 bits per heavy atom. The van der Waals surface area contributed by atoms with Gasteiger partial charge in [0.1, 0.15) is 11.6 Å². The second kappa shape index (κ2) is 9.88. The maximum atomic E-state index is 14.4. The van der Waals surface area contributed by atoms with Gasteiger partial charge in [-0.1, -0.05) is 38.1 Å². The van der Waals surface area contributed by atoms with Crippen molar-refractivity contribution in [3.8, 4) is 5.75 Å². The van der Waals surface area contributed by atoms with Crippen LogP contribution in [0, 0.1) is 17.6 Å². The first-order valence-electron chi connectivity index (χ1n) is 12.4. The van der Waals surface area contributed by atoms with Gasteiger partial charge in [0, 0.05) is 18.9 Å². The van der Waals surface area contributed by atoms with E-state index in [2.05, 4.69) is 5.10 Å². The number of fused-ring (bicyclic) bond motifs is 2. The Labute approximate surface area is 212 Å². The molecule has 9 heteroatoms. The third-order valence-electron chi connectivity index (χ3n) is 6.95. The van der Waals surface area contributed by atoms with Gasteiger partial charge in [-0.3, -0.25) is 14.4 Å². The van der Waals surface area contributed by atoms with Gasteiger partial charge < -0.3 is 9.64 Å². The van der Waals surface area contributed by atoms with Gasteiger partial charge in [-0.2, -0.15) is 5.10 Å². The van der Waals surface area contributed by atoms with Crippen LogP contribution >= 0.6 is 0 Å². The monoisotopic (exact) mass is 507 g/mol. The van der Waals surface area contributed by atoms with Crippen LogP contribution in [0.5, 0.6) is 5.75 Å². The first-order chi connectivity index (χ1) is 17.7. The standard InChI is InChI=1S/C28H27F2N3O4/c1-16(2)12-23(35)37-27-22(34)15-31-33-25(21-10-5-11-32(21)28(36)26(27)33)24(17-6-3-8-19(29)13-17)18-7-4-9-20(30)14-18/h3-4,6-9,13-16,21,24-25H,5,10-12H2,1-2H3/t21-,25-/m1/s1. The fourth-order valence-electron chi connectivity index (χ4n) is 5.51. The van der Waals surface area contributed by atoms with Crippen molar-refractivity contribution < 1.29 is 23.1 Å². The van der Waals surface area contributed by atoms with Crippen LogP contribution in [0.3, 0.4) is 0 Å². The van der Waals surface area contributed by atoms with E-state index in [1.807, 2.05) is 13.8 Å². The smallest absolute Gasteiger partial charge is 0.311 e. The number of hydrogen-bond acceptors (Lipinski definition) is 5. The van der Waals surface area contributed by atoms with Crippen molar-refractivity contribution in [3.05, 3.63) is 93.4 Å². The van der Waals surface area contributed by atoms with Crippen molar-refractivity contribution in [1.82, 2.24) is 14.7 Å². The van der Waals surface area contributed by atoms with Crippen molar-refractivity contribution in [2.45, 2.75) is 51.1 Å². The highest BCUT2D eigenvalue weighted by Crippen LogP contribution is 2.46. The highest BCUT2D eigenvalue weighted by atomic mass is 19.1. The molecule has 1 fully saturated rings. The zero-order valence-corrected chi connectivity index (χ0v) is 20.6. The molecule has 7 nitrogen and oxygen atoms in total. The minimum atomic E-state index is -0.679. The number of carbonyl (C=O) groups excluding carboxylic acids is 2. The molecule has 0 spiro atoms. The number of hydrogen-bond donors (Lipinski definition) is 0. The molecule has 2 aromatic carbocycles. The van der Waals surface area contributed by atoms with E-state index in [0.717, 1.165) is 6.20 Å². The molecule has 0 aliphatic carbocycles. The Kier molecular flexibility index (Phi) is 6.62. The van der Waals surface area contributed by atoms with Gasteiger partial charge >= 0.3 is 5.97 Å². The van der Waals surface area contributed by atoms with Crippen LogP contribution < -0.4 is 10.2 Å². The molecule has 1 amide bonds. The summed E-state index contributed by atoms with van der Waals surface area (Å²) in [5, 5.41) is 4.33. The molecular formula is C28H27F2N3O4. The van der Waals surface area contributed by atoms with Gasteiger partial charge in [-0.15, -0.1) is 0 Å². The summed E-state index contributed by atoms with van der Waals surface area (Å²) in [7, 11) is 0.